The summed E-state index contributed by atoms with van der Waals surface area (Å²) in [6, 6.07) is 13.1. The Morgan fingerprint density at radius 2 is 1.86 bits per heavy atom. The molecular formula is C27H33N5O4. The largest absolute Gasteiger partial charge is 0.367 e. The molecule has 2 amide bonds. The summed E-state index contributed by atoms with van der Waals surface area (Å²) in [5.41, 5.74) is 7.65. The van der Waals surface area contributed by atoms with Crippen molar-refractivity contribution in [1.82, 2.24) is 19.7 Å². The predicted molar refractivity (Wildman–Crippen MR) is 136 cm³/mol. The fourth-order valence-electron chi connectivity index (χ4n) is 4.28. The van der Waals surface area contributed by atoms with Gasteiger partial charge in [-0.1, -0.05) is 24.3 Å². The van der Waals surface area contributed by atoms with Crippen LogP contribution in [-0.4, -0.2) is 57.7 Å². The van der Waals surface area contributed by atoms with E-state index in [0.717, 1.165) is 29.5 Å². The Kier molecular flexibility index (Phi) is 7.12. The maximum Gasteiger partial charge on any atom is 0.330 e. The molecule has 2 N–H and O–H groups in total. The van der Waals surface area contributed by atoms with Crippen LogP contribution in [0.4, 0.5) is 0 Å². The Bertz CT molecular complexity index is 1280. The van der Waals surface area contributed by atoms with Crippen LogP contribution in [0.3, 0.4) is 0 Å². The standard InChI is InChI=1S/C27H33N5O4/c1-27(2,3)26(35)36-31-14-6-8-20(16-31)25(34)30(4)15-18-10-12-21(13-11-18)32-17-19-7-5-9-22(24(28)33)23(19)29-32/h5,7,9-13,17,20H,6,8,14-16H2,1-4H3,(H2,28,33). The minimum absolute atomic E-state index is 0.0351. The van der Waals surface area contributed by atoms with Gasteiger partial charge in [0.25, 0.3) is 5.91 Å². The number of aromatic nitrogens is 2. The highest BCUT2D eigenvalue weighted by Crippen LogP contribution is 2.23. The van der Waals surface area contributed by atoms with Gasteiger partial charge in [0, 0.05) is 38.3 Å². The number of hydroxylamine groups is 2. The van der Waals surface area contributed by atoms with Crippen molar-refractivity contribution in [3.63, 3.8) is 0 Å². The lowest BCUT2D eigenvalue weighted by Gasteiger charge is -2.33. The Hall–Kier alpha value is -3.72. The van der Waals surface area contributed by atoms with Crippen LogP contribution in [0.5, 0.6) is 0 Å². The van der Waals surface area contributed by atoms with Gasteiger partial charge in [0.15, 0.2) is 0 Å². The van der Waals surface area contributed by atoms with Gasteiger partial charge < -0.3 is 15.5 Å². The van der Waals surface area contributed by atoms with Crippen molar-refractivity contribution in [1.29, 1.82) is 0 Å². The normalized spacial score (nSPS) is 16.6. The van der Waals surface area contributed by atoms with Crippen LogP contribution >= 0.6 is 0 Å². The van der Waals surface area contributed by atoms with Gasteiger partial charge in [0.05, 0.1) is 22.6 Å². The molecule has 1 saturated heterocycles. The van der Waals surface area contributed by atoms with Crippen molar-refractivity contribution in [3.8, 4) is 5.69 Å². The number of nitrogens with zero attached hydrogens (tertiary/aromatic N) is 4. The zero-order valence-corrected chi connectivity index (χ0v) is 21.2. The first kappa shape index (κ1) is 25.4. The summed E-state index contributed by atoms with van der Waals surface area (Å²) in [6.45, 7) is 6.95. The van der Waals surface area contributed by atoms with E-state index in [0.29, 0.717) is 30.7 Å². The molecule has 1 aromatic heterocycles. The SMILES string of the molecule is CN(Cc1ccc(-n2cc3cccc(C(N)=O)c3n2)cc1)C(=O)C1CCCN(OC(=O)C(C)(C)C)C1. The summed E-state index contributed by atoms with van der Waals surface area (Å²) in [6.07, 6.45) is 3.42. The monoisotopic (exact) mass is 491 g/mol. The number of benzene rings is 2. The van der Waals surface area contributed by atoms with Gasteiger partial charge in [-0.25, -0.2) is 9.48 Å². The van der Waals surface area contributed by atoms with Crippen LogP contribution in [0.1, 0.15) is 49.5 Å². The van der Waals surface area contributed by atoms with E-state index in [9.17, 15) is 14.4 Å². The van der Waals surface area contributed by atoms with E-state index < -0.39 is 11.3 Å². The van der Waals surface area contributed by atoms with Gasteiger partial charge in [0.2, 0.25) is 5.91 Å². The average Bonchev–Trinajstić information content (AvgIpc) is 3.28. The Labute approximate surface area is 210 Å². The second-order valence-corrected chi connectivity index (χ2v) is 10.4. The third-order valence-corrected chi connectivity index (χ3v) is 6.36. The maximum absolute atomic E-state index is 13.1. The Balaban J connectivity index is 1.39. The average molecular weight is 492 g/mol. The molecule has 0 aliphatic carbocycles. The number of primary amides is 1. The molecule has 1 aliphatic heterocycles. The minimum Gasteiger partial charge on any atom is -0.367 e. The highest BCUT2D eigenvalue weighted by Gasteiger charge is 2.32. The molecule has 0 saturated carbocycles. The molecule has 9 nitrogen and oxygen atoms in total. The predicted octanol–water partition coefficient (Wildman–Crippen LogP) is 3.30. The van der Waals surface area contributed by atoms with Crippen LogP contribution in [0.2, 0.25) is 0 Å². The lowest BCUT2D eigenvalue weighted by Crippen LogP contribution is -2.45. The molecule has 0 spiro atoms. The van der Waals surface area contributed by atoms with Gasteiger partial charge in [0.1, 0.15) is 5.52 Å². The van der Waals surface area contributed by atoms with E-state index in [1.54, 1.807) is 33.8 Å². The number of fused-ring (bicyclic) bond motifs is 1. The van der Waals surface area contributed by atoms with Crippen molar-refractivity contribution in [3.05, 3.63) is 59.8 Å². The fourth-order valence-corrected chi connectivity index (χ4v) is 4.28. The molecule has 1 unspecified atom stereocenters. The van der Waals surface area contributed by atoms with E-state index >= 15 is 0 Å². The van der Waals surface area contributed by atoms with E-state index in [4.69, 9.17) is 10.6 Å². The smallest absolute Gasteiger partial charge is 0.330 e. The van der Waals surface area contributed by atoms with Crippen molar-refractivity contribution >= 4 is 28.7 Å². The van der Waals surface area contributed by atoms with E-state index in [-0.39, 0.29) is 17.8 Å². The number of hydrogen-bond donors (Lipinski definition) is 1. The zero-order valence-electron chi connectivity index (χ0n) is 21.2. The Morgan fingerprint density at radius 1 is 1.14 bits per heavy atom. The van der Waals surface area contributed by atoms with Gasteiger partial charge in [-0.3, -0.25) is 9.59 Å². The van der Waals surface area contributed by atoms with Gasteiger partial charge in [-0.15, -0.1) is 5.06 Å². The molecule has 36 heavy (non-hydrogen) atoms. The molecule has 0 radical (unpaired) electrons. The van der Waals surface area contributed by atoms with E-state index in [1.165, 1.54) is 0 Å². The number of piperidine rings is 1. The van der Waals surface area contributed by atoms with Crippen molar-refractivity contribution in [2.75, 3.05) is 20.1 Å². The van der Waals surface area contributed by atoms with Crippen molar-refractivity contribution in [2.45, 2.75) is 40.2 Å². The number of hydrogen-bond acceptors (Lipinski definition) is 6. The number of nitrogens with two attached hydrogens (primary N) is 1. The zero-order chi connectivity index (χ0) is 26.0. The second-order valence-electron chi connectivity index (χ2n) is 10.4. The van der Waals surface area contributed by atoms with Gasteiger partial charge in [-0.2, -0.15) is 5.10 Å². The molecular weight excluding hydrogens is 458 g/mol. The minimum atomic E-state index is -0.590. The van der Waals surface area contributed by atoms with Crippen LogP contribution < -0.4 is 5.73 Å². The lowest BCUT2D eigenvalue weighted by atomic mass is 9.97. The van der Waals surface area contributed by atoms with Crippen LogP contribution in [-0.2, 0) is 21.0 Å². The molecule has 190 valence electrons. The molecule has 4 rings (SSSR count). The molecule has 2 heterocycles. The van der Waals surface area contributed by atoms with Gasteiger partial charge >= 0.3 is 5.97 Å². The first-order valence-electron chi connectivity index (χ1n) is 12.1. The second kappa shape index (κ2) is 10.1. The summed E-state index contributed by atoms with van der Waals surface area (Å²) < 4.78 is 1.71. The number of rotatable bonds is 6. The summed E-state index contributed by atoms with van der Waals surface area (Å²) in [5, 5.41) is 6.99. The fraction of sp³-hybridized carbons (Fsp3) is 0.407. The van der Waals surface area contributed by atoms with Crippen LogP contribution in [0, 0.1) is 11.3 Å². The quantitative estimate of drug-likeness (QED) is 0.566. The van der Waals surface area contributed by atoms with Gasteiger partial charge in [-0.05, 0) is 57.4 Å². The molecule has 9 heteroatoms. The summed E-state index contributed by atoms with van der Waals surface area (Å²) >= 11 is 0. The third kappa shape index (κ3) is 5.57. The third-order valence-electron chi connectivity index (χ3n) is 6.36. The Morgan fingerprint density at radius 3 is 2.53 bits per heavy atom. The molecule has 3 aromatic rings. The van der Waals surface area contributed by atoms with Crippen molar-refractivity contribution < 1.29 is 19.2 Å². The molecule has 0 bridgehead atoms. The molecule has 2 aromatic carbocycles. The van der Waals surface area contributed by atoms with Crippen LogP contribution in [0.15, 0.2) is 48.7 Å². The summed E-state index contributed by atoms with van der Waals surface area (Å²) in [5.74, 6) is -0.984. The first-order valence-corrected chi connectivity index (χ1v) is 12.1. The number of carbonyl (C=O) groups is 3. The highest BCUT2D eigenvalue weighted by molar-refractivity contribution is 6.04. The molecule has 1 fully saturated rings. The summed E-state index contributed by atoms with van der Waals surface area (Å²) in [7, 11) is 1.79. The number of carbonyl (C=O) groups excluding carboxylic acids is 3. The lowest BCUT2D eigenvalue weighted by molar-refractivity contribution is -0.208. The van der Waals surface area contributed by atoms with E-state index in [1.807, 2.05) is 57.3 Å². The molecule has 1 atom stereocenters. The highest BCUT2D eigenvalue weighted by atomic mass is 16.7. The number of amides is 2. The molecule has 1 aliphatic rings. The van der Waals surface area contributed by atoms with Crippen LogP contribution in [0.25, 0.3) is 16.6 Å². The first-order chi connectivity index (χ1) is 17.0. The summed E-state index contributed by atoms with van der Waals surface area (Å²) in [4.78, 5) is 44.3. The maximum atomic E-state index is 13.1. The van der Waals surface area contributed by atoms with E-state index in [2.05, 4.69) is 5.10 Å². The van der Waals surface area contributed by atoms with Crippen molar-refractivity contribution in [2.24, 2.45) is 17.1 Å². The topological polar surface area (TPSA) is 111 Å².